The van der Waals surface area contributed by atoms with Crippen LogP contribution in [0.5, 0.6) is 0 Å². The van der Waals surface area contributed by atoms with Gasteiger partial charge in [0.1, 0.15) is 0 Å². The lowest BCUT2D eigenvalue weighted by atomic mass is 9.77. The van der Waals surface area contributed by atoms with Crippen molar-refractivity contribution in [2.24, 2.45) is 11.8 Å². The largest absolute Gasteiger partial charge is 0.298 e. The van der Waals surface area contributed by atoms with E-state index in [1.807, 2.05) is 0 Å². The Morgan fingerprint density at radius 1 is 0.571 bits per heavy atom. The Bertz CT molecular complexity index is 263. The topological polar surface area (TPSA) is 6.48 Å². The Kier molecular flexibility index (Phi) is 6.32. The van der Waals surface area contributed by atoms with Gasteiger partial charge in [0, 0.05) is 11.1 Å². The molecule has 2 nitrogen and oxygen atoms in total. The van der Waals surface area contributed by atoms with Gasteiger partial charge in [-0.3, -0.25) is 9.80 Å². The van der Waals surface area contributed by atoms with Gasteiger partial charge in [-0.05, 0) is 105 Å². The third-order valence-corrected chi connectivity index (χ3v) is 5.64. The molecule has 2 fully saturated rings. The van der Waals surface area contributed by atoms with Crippen LogP contribution in [0.3, 0.4) is 0 Å². The summed E-state index contributed by atoms with van der Waals surface area (Å²) >= 11 is 0. The highest BCUT2D eigenvalue weighted by Crippen LogP contribution is 2.35. The molecule has 0 saturated carbocycles. The van der Waals surface area contributed by atoms with Crippen molar-refractivity contribution in [1.82, 2.24) is 9.80 Å². The summed E-state index contributed by atoms with van der Waals surface area (Å²) in [5.41, 5.74) is 0.723. The fourth-order valence-corrected chi connectivity index (χ4v) is 4.08. The molecule has 21 heavy (non-hydrogen) atoms. The van der Waals surface area contributed by atoms with Crippen LogP contribution in [0.4, 0.5) is 0 Å². The van der Waals surface area contributed by atoms with E-state index >= 15 is 0 Å². The number of rotatable bonds is 1. The van der Waals surface area contributed by atoms with Crippen molar-refractivity contribution in [3.8, 4) is 0 Å². The van der Waals surface area contributed by atoms with Crippen LogP contribution in [0, 0.1) is 11.8 Å². The summed E-state index contributed by atoms with van der Waals surface area (Å²) < 4.78 is 0. The molecule has 0 bridgehead atoms. The Labute approximate surface area is 134 Å². The number of hydrogen-bond acceptors (Lipinski definition) is 2. The zero-order chi connectivity index (χ0) is 15.0. The van der Waals surface area contributed by atoms with E-state index in [4.69, 9.17) is 0 Å². The molecule has 0 radical (unpaired) electrons. The summed E-state index contributed by atoms with van der Waals surface area (Å²) in [5, 5.41) is 0. The highest BCUT2D eigenvalue weighted by Gasteiger charge is 2.34. The highest BCUT2D eigenvalue weighted by atomic mass is 15.2. The zero-order valence-corrected chi connectivity index (χ0v) is 14.7. The van der Waals surface area contributed by atoms with Crippen LogP contribution in [0.25, 0.3) is 0 Å². The molecule has 0 aliphatic carbocycles. The molecular formula is C19H40N2. The van der Waals surface area contributed by atoms with Gasteiger partial charge in [-0.25, -0.2) is 0 Å². The Hall–Kier alpha value is -0.0800. The fraction of sp³-hybridized carbons (Fsp3) is 1.00. The van der Waals surface area contributed by atoms with Crippen LogP contribution in [0.15, 0.2) is 0 Å². The van der Waals surface area contributed by atoms with E-state index in [1.54, 1.807) is 0 Å². The van der Waals surface area contributed by atoms with Gasteiger partial charge in [0.15, 0.2) is 0 Å². The van der Waals surface area contributed by atoms with Crippen LogP contribution in [-0.2, 0) is 0 Å². The lowest BCUT2D eigenvalue weighted by Gasteiger charge is -2.46. The van der Waals surface area contributed by atoms with Gasteiger partial charge in [0.2, 0.25) is 0 Å². The van der Waals surface area contributed by atoms with Gasteiger partial charge in [-0.15, -0.1) is 0 Å². The first-order valence-corrected chi connectivity index (χ1v) is 8.68. The molecule has 126 valence electrons. The van der Waals surface area contributed by atoms with Gasteiger partial charge in [-0.1, -0.05) is 7.43 Å². The van der Waals surface area contributed by atoms with Crippen LogP contribution in [-0.4, -0.2) is 47.1 Å². The van der Waals surface area contributed by atoms with Gasteiger partial charge >= 0.3 is 0 Å². The molecule has 2 aliphatic heterocycles. The summed E-state index contributed by atoms with van der Waals surface area (Å²) in [6, 6.07) is 0. The lowest BCUT2D eigenvalue weighted by Crippen LogP contribution is -2.49. The molecule has 0 atom stereocenters. The second-order valence-corrected chi connectivity index (χ2v) is 8.99. The van der Waals surface area contributed by atoms with E-state index in [0.29, 0.717) is 11.1 Å². The molecule has 0 spiro atoms. The first kappa shape index (κ1) is 19.0. The average molecular weight is 297 g/mol. The van der Waals surface area contributed by atoms with Crippen LogP contribution >= 0.6 is 0 Å². The van der Waals surface area contributed by atoms with E-state index in [-0.39, 0.29) is 7.43 Å². The summed E-state index contributed by atoms with van der Waals surface area (Å²) in [6.45, 7) is 19.4. The van der Waals surface area contributed by atoms with E-state index in [2.05, 4.69) is 51.3 Å². The molecule has 2 rings (SSSR count). The molecule has 2 heteroatoms. The van der Waals surface area contributed by atoms with Gasteiger partial charge in [0.05, 0.1) is 0 Å². The van der Waals surface area contributed by atoms with Gasteiger partial charge in [-0.2, -0.15) is 0 Å². The predicted octanol–water partition coefficient (Wildman–Crippen LogP) is 4.64. The maximum Gasteiger partial charge on any atom is 0.0125 e. The maximum absolute atomic E-state index is 2.67. The Morgan fingerprint density at radius 3 is 1.00 bits per heavy atom. The van der Waals surface area contributed by atoms with Crippen molar-refractivity contribution >= 4 is 0 Å². The highest BCUT2D eigenvalue weighted by molar-refractivity contribution is 4.88. The standard InChI is InChI=1S/C18H36N2.CH4/c1-17(2,3)19-11-7-15(8-12-19)16-9-13-20(14-10-16)18(4,5)6;/h15-16H,7-14H2,1-6H3;1H4. The summed E-state index contributed by atoms with van der Waals surface area (Å²) in [6.07, 6.45) is 5.71. The van der Waals surface area contributed by atoms with E-state index in [9.17, 15) is 0 Å². The molecular weight excluding hydrogens is 256 g/mol. The number of nitrogens with zero attached hydrogens (tertiary/aromatic N) is 2. The van der Waals surface area contributed by atoms with Crippen molar-refractivity contribution in [3.05, 3.63) is 0 Å². The average Bonchev–Trinajstić information content (AvgIpc) is 2.37. The number of hydrogen-bond donors (Lipinski definition) is 0. The molecule has 0 aromatic heterocycles. The number of likely N-dealkylation sites (tertiary alicyclic amines) is 2. The molecule has 2 saturated heterocycles. The summed E-state index contributed by atoms with van der Waals surface area (Å²) in [7, 11) is 0. The minimum Gasteiger partial charge on any atom is -0.298 e. The van der Waals surface area contributed by atoms with Crippen molar-refractivity contribution in [1.29, 1.82) is 0 Å². The fourth-order valence-electron chi connectivity index (χ4n) is 4.08. The molecule has 0 aromatic carbocycles. The van der Waals surface area contributed by atoms with Gasteiger partial charge in [0.25, 0.3) is 0 Å². The van der Waals surface area contributed by atoms with Crippen LogP contribution in [0.1, 0.15) is 74.7 Å². The molecule has 2 aliphatic rings. The van der Waals surface area contributed by atoms with Crippen LogP contribution < -0.4 is 0 Å². The second kappa shape index (κ2) is 7.00. The smallest absolute Gasteiger partial charge is 0.0125 e. The third-order valence-electron chi connectivity index (χ3n) is 5.64. The van der Waals surface area contributed by atoms with E-state index in [1.165, 1.54) is 51.9 Å². The number of piperidine rings is 2. The Balaban J connectivity index is 0.00000220. The minimum atomic E-state index is 0. The van der Waals surface area contributed by atoms with Crippen LogP contribution in [0.2, 0.25) is 0 Å². The monoisotopic (exact) mass is 296 g/mol. The molecule has 0 aromatic rings. The SMILES string of the molecule is C.CC(C)(C)N1CCC(C2CCN(C(C)(C)C)CC2)CC1. The molecule has 2 heterocycles. The minimum absolute atomic E-state index is 0. The van der Waals surface area contributed by atoms with E-state index < -0.39 is 0 Å². The van der Waals surface area contributed by atoms with Gasteiger partial charge < -0.3 is 0 Å². The predicted molar refractivity (Wildman–Crippen MR) is 94.8 cm³/mol. The summed E-state index contributed by atoms with van der Waals surface area (Å²) in [5.74, 6) is 1.99. The third kappa shape index (κ3) is 4.96. The molecule has 0 amide bonds. The quantitative estimate of drug-likeness (QED) is 0.695. The zero-order valence-electron chi connectivity index (χ0n) is 14.7. The summed E-state index contributed by atoms with van der Waals surface area (Å²) in [4.78, 5) is 5.35. The first-order chi connectivity index (χ1) is 9.18. The Morgan fingerprint density at radius 2 is 0.810 bits per heavy atom. The van der Waals surface area contributed by atoms with E-state index in [0.717, 1.165) is 11.8 Å². The second-order valence-electron chi connectivity index (χ2n) is 8.99. The van der Waals surface area contributed by atoms with Crippen molar-refractivity contribution in [2.45, 2.75) is 85.7 Å². The van der Waals surface area contributed by atoms with Crippen molar-refractivity contribution < 1.29 is 0 Å². The molecule has 0 unspecified atom stereocenters. The van der Waals surface area contributed by atoms with Crippen molar-refractivity contribution in [2.75, 3.05) is 26.2 Å². The first-order valence-electron chi connectivity index (χ1n) is 8.68. The molecule has 0 N–H and O–H groups in total. The van der Waals surface area contributed by atoms with Crippen molar-refractivity contribution in [3.63, 3.8) is 0 Å². The lowest BCUT2D eigenvalue weighted by molar-refractivity contribution is 0.0330. The maximum atomic E-state index is 2.67. The normalized spacial score (nSPS) is 24.9.